The number of piperazine rings is 1. The van der Waals surface area contributed by atoms with Crippen molar-refractivity contribution in [3.63, 3.8) is 0 Å². The van der Waals surface area contributed by atoms with Crippen LogP contribution in [0.2, 0.25) is 0 Å². The third-order valence-corrected chi connectivity index (χ3v) is 5.69. The van der Waals surface area contributed by atoms with Gasteiger partial charge in [0.25, 0.3) is 5.91 Å². The Bertz CT molecular complexity index is 828. The van der Waals surface area contributed by atoms with E-state index in [1.54, 1.807) is 25.4 Å². The Morgan fingerprint density at radius 3 is 2.54 bits per heavy atom. The van der Waals surface area contributed by atoms with Crippen molar-refractivity contribution in [2.75, 3.05) is 44.2 Å². The van der Waals surface area contributed by atoms with Crippen molar-refractivity contribution in [2.45, 2.75) is 25.7 Å². The fraction of sp³-hybridized carbons (Fsp3) is 0.500. The molecule has 2 aromatic rings. The lowest BCUT2D eigenvalue weighted by Gasteiger charge is -2.35. The minimum atomic E-state index is 0.0600. The zero-order valence-corrected chi connectivity index (χ0v) is 16.2. The van der Waals surface area contributed by atoms with E-state index in [0.29, 0.717) is 25.6 Å². The number of H-pyrrole nitrogens is 1. The van der Waals surface area contributed by atoms with Crippen molar-refractivity contribution in [1.29, 1.82) is 0 Å². The molecule has 148 valence electrons. The van der Waals surface area contributed by atoms with Gasteiger partial charge in [-0.2, -0.15) is 0 Å². The monoisotopic (exact) mass is 382 g/mol. The van der Waals surface area contributed by atoms with E-state index >= 15 is 0 Å². The molecule has 0 spiro atoms. The lowest BCUT2D eigenvalue weighted by molar-refractivity contribution is -0.130. The second-order valence-electron chi connectivity index (χ2n) is 7.44. The van der Waals surface area contributed by atoms with Crippen molar-refractivity contribution < 1.29 is 9.59 Å². The van der Waals surface area contributed by atoms with Crippen LogP contribution >= 0.6 is 0 Å². The van der Waals surface area contributed by atoms with E-state index in [-0.39, 0.29) is 17.7 Å². The van der Waals surface area contributed by atoms with E-state index in [0.717, 1.165) is 43.7 Å². The molecule has 4 heterocycles. The predicted octanol–water partition coefficient (Wildman–Crippen LogP) is 1.49. The van der Waals surface area contributed by atoms with Crippen LogP contribution in [-0.2, 0) is 4.79 Å². The van der Waals surface area contributed by atoms with Crippen LogP contribution < -0.4 is 4.90 Å². The van der Waals surface area contributed by atoms with Crippen molar-refractivity contribution in [3.05, 3.63) is 42.0 Å². The number of hydrogen-bond acceptors (Lipinski definition) is 5. The zero-order valence-electron chi connectivity index (χ0n) is 16.2. The van der Waals surface area contributed by atoms with Crippen LogP contribution in [0.1, 0.15) is 41.7 Å². The molecule has 0 bridgehead atoms. The van der Waals surface area contributed by atoms with Crippen molar-refractivity contribution in [2.24, 2.45) is 0 Å². The van der Waals surface area contributed by atoms with Gasteiger partial charge in [0.1, 0.15) is 0 Å². The number of piperidine rings is 1. The number of amides is 2. The summed E-state index contributed by atoms with van der Waals surface area (Å²) in [6.07, 6.45) is 7.26. The van der Waals surface area contributed by atoms with Gasteiger partial charge in [0.2, 0.25) is 11.9 Å². The van der Waals surface area contributed by atoms with Gasteiger partial charge >= 0.3 is 0 Å². The summed E-state index contributed by atoms with van der Waals surface area (Å²) in [7, 11) is 0. The molecule has 4 rings (SSSR count). The SMILES string of the molecule is CC(=O)N1CCCC(c2[nH]ccc2C(=O)N2CCN(c3ncccn3)CC2)C1. The van der Waals surface area contributed by atoms with E-state index in [1.807, 2.05) is 22.1 Å². The minimum absolute atomic E-state index is 0.0600. The normalized spacial score (nSPS) is 20.3. The fourth-order valence-corrected chi connectivity index (χ4v) is 4.14. The number of aromatic amines is 1. The van der Waals surface area contributed by atoms with Crippen LogP contribution in [0.15, 0.2) is 30.7 Å². The number of nitrogens with one attached hydrogen (secondary N) is 1. The summed E-state index contributed by atoms with van der Waals surface area (Å²) in [6, 6.07) is 3.67. The number of anilines is 1. The molecule has 8 heteroatoms. The van der Waals surface area contributed by atoms with E-state index in [2.05, 4.69) is 19.9 Å². The van der Waals surface area contributed by atoms with Gasteiger partial charge in [-0.1, -0.05) is 0 Å². The van der Waals surface area contributed by atoms with Gasteiger partial charge in [0.15, 0.2) is 0 Å². The van der Waals surface area contributed by atoms with Crippen LogP contribution in [-0.4, -0.2) is 75.8 Å². The number of nitrogens with zero attached hydrogens (tertiary/aromatic N) is 5. The second-order valence-corrected chi connectivity index (χ2v) is 7.44. The molecular formula is C20H26N6O2. The molecule has 1 N–H and O–H groups in total. The smallest absolute Gasteiger partial charge is 0.255 e. The first-order valence-electron chi connectivity index (χ1n) is 9.87. The summed E-state index contributed by atoms with van der Waals surface area (Å²) < 4.78 is 0. The van der Waals surface area contributed by atoms with Crippen molar-refractivity contribution >= 4 is 17.8 Å². The molecule has 28 heavy (non-hydrogen) atoms. The predicted molar refractivity (Wildman–Crippen MR) is 105 cm³/mol. The van der Waals surface area contributed by atoms with Gasteiger partial charge in [0.05, 0.1) is 5.56 Å². The quantitative estimate of drug-likeness (QED) is 0.869. The molecular weight excluding hydrogens is 356 g/mol. The molecule has 2 saturated heterocycles. The van der Waals surface area contributed by atoms with E-state index < -0.39 is 0 Å². The summed E-state index contributed by atoms with van der Waals surface area (Å²) in [5.74, 6) is 1.06. The number of likely N-dealkylation sites (tertiary alicyclic amines) is 1. The maximum absolute atomic E-state index is 13.2. The van der Waals surface area contributed by atoms with Crippen LogP contribution in [0, 0.1) is 0 Å². The highest BCUT2D eigenvalue weighted by Crippen LogP contribution is 2.29. The zero-order chi connectivity index (χ0) is 19.5. The molecule has 0 radical (unpaired) electrons. The van der Waals surface area contributed by atoms with E-state index in [1.165, 1.54) is 0 Å². The maximum Gasteiger partial charge on any atom is 0.255 e. The Balaban J connectivity index is 1.42. The summed E-state index contributed by atoms with van der Waals surface area (Å²) in [5.41, 5.74) is 1.70. The number of carbonyl (C=O) groups excluding carboxylic acids is 2. The standard InChI is InChI=1S/C20H26N6O2/c1-15(27)26-9-2-4-16(14-26)18-17(5-8-21-18)19(28)24-10-12-25(13-11-24)20-22-6-3-7-23-20/h3,5-8,16,21H,2,4,9-14H2,1H3. The molecule has 2 fully saturated rings. The Morgan fingerprint density at radius 2 is 1.82 bits per heavy atom. The van der Waals surface area contributed by atoms with Gasteiger partial charge in [0, 0.05) is 76.4 Å². The van der Waals surface area contributed by atoms with Crippen molar-refractivity contribution in [3.8, 4) is 0 Å². The average Bonchev–Trinajstić information content (AvgIpc) is 3.24. The molecule has 8 nitrogen and oxygen atoms in total. The molecule has 2 aliphatic heterocycles. The Labute approximate surface area is 164 Å². The number of rotatable bonds is 3. The molecule has 2 aromatic heterocycles. The van der Waals surface area contributed by atoms with Gasteiger partial charge in [-0.25, -0.2) is 9.97 Å². The van der Waals surface area contributed by atoms with Gasteiger partial charge < -0.3 is 19.7 Å². The highest BCUT2D eigenvalue weighted by atomic mass is 16.2. The summed E-state index contributed by atoms with van der Waals surface area (Å²) in [6.45, 7) is 5.82. The molecule has 1 unspecified atom stereocenters. The lowest BCUT2D eigenvalue weighted by Crippen LogP contribution is -2.49. The Kier molecular flexibility index (Phi) is 5.27. The lowest BCUT2D eigenvalue weighted by atomic mass is 9.92. The Hall–Kier alpha value is -2.90. The van der Waals surface area contributed by atoms with Crippen LogP contribution in [0.25, 0.3) is 0 Å². The first-order valence-corrected chi connectivity index (χ1v) is 9.87. The van der Waals surface area contributed by atoms with Gasteiger partial charge in [-0.3, -0.25) is 9.59 Å². The van der Waals surface area contributed by atoms with Crippen LogP contribution in [0.5, 0.6) is 0 Å². The van der Waals surface area contributed by atoms with Gasteiger partial charge in [-0.05, 0) is 25.0 Å². The summed E-state index contributed by atoms with van der Waals surface area (Å²) in [4.78, 5) is 42.7. The topological polar surface area (TPSA) is 85.4 Å². The highest BCUT2D eigenvalue weighted by Gasteiger charge is 2.30. The largest absolute Gasteiger partial charge is 0.364 e. The molecule has 0 aromatic carbocycles. The molecule has 2 amide bonds. The fourth-order valence-electron chi connectivity index (χ4n) is 4.14. The van der Waals surface area contributed by atoms with E-state index in [9.17, 15) is 9.59 Å². The summed E-state index contributed by atoms with van der Waals surface area (Å²) >= 11 is 0. The highest BCUT2D eigenvalue weighted by molar-refractivity contribution is 5.95. The number of carbonyl (C=O) groups is 2. The Morgan fingerprint density at radius 1 is 1.07 bits per heavy atom. The van der Waals surface area contributed by atoms with Crippen LogP contribution in [0.3, 0.4) is 0 Å². The van der Waals surface area contributed by atoms with Crippen molar-refractivity contribution in [1.82, 2.24) is 24.8 Å². The first-order chi connectivity index (χ1) is 13.6. The van der Waals surface area contributed by atoms with Crippen LogP contribution in [0.4, 0.5) is 5.95 Å². The third kappa shape index (κ3) is 3.72. The molecule has 2 aliphatic rings. The number of hydrogen-bond donors (Lipinski definition) is 1. The minimum Gasteiger partial charge on any atom is -0.364 e. The first kappa shape index (κ1) is 18.5. The second kappa shape index (κ2) is 8.00. The molecule has 0 aliphatic carbocycles. The third-order valence-electron chi connectivity index (χ3n) is 5.69. The summed E-state index contributed by atoms with van der Waals surface area (Å²) in [5, 5.41) is 0. The van der Waals surface area contributed by atoms with E-state index in [4.69, 9.17) is 0 Å². The average molecular weight is 382 g/mol. The molecule has 1 atom stereocenters. The maximum atomic E-state index is 13.2. The molecule has 0 saturated carbocycles. The van der Waals surface area contributed by atoms with Gasteiger partial charge in [-0.15, -0.1) is 0 Å². The number of aromatic nitrogens is 3.